The predicted molar refractivity (Wildman–Crippen MR) is 69.2 cm³/mol. The number of hydrogen-bond acceptors (Lipinski definition) is 5. The quantitative estimate of drug-likeness (QED) is 0.801. The molecule has 1 heterocycles. The Kier molecular flexibility index (Phi) is 4.19. The number of benzene rings is 1. The van der Waals surface area contributed by atoms with E-state index >= 15 is 0 Å². The number of tetrazole rings is 1. The van der Waals surface area contributed by atoms with Crippen molar-refractivity contribution in [3.8, 4) is 0 Å². The lowest BCUT2D eigenvalue weighted by Crippen LogP contribution is -2.25. The summed E-state index contributed by atoms with van der Waals surface area (Å²) in [6, 6.07) is 7.99. The number of carbonyl (C=O) groups excluding carboxylic acids is 1. The van der Waals surface area contributed by atoms with E-state index in [0.717, 1.165) is 12.1 Å². The maximum Gasteiger partial charge on any atom is 0.293 e. The first kappa shape index (κ1) is 13.2. The van der Waals surface area contributed by atoms with Crippen molar-refractivity contribution in [2.45, 2.75) is 13.1 Å². The van der Waals surface area contributed by atoms with Crippen LogP contribution in [0.5, 0.6) is 0 Å². The lowest BCUT2D eigenvalue weighted by Gasteiger charge is -2.14. The zero-order valence-corrected chi connectivity index (χ0v) is 10.9. The molecule has 0 saturated carbocycles. The van der Waals surface area contributed by atoms with Crippen LogP contribution in [0.25, 0.3) is 0 Å². The molecule has 0 radical (unpaired) electrons. The van der Waals surface area contributed by atoms with E-state index in [1.807, 2.05) is 32.3 Å². The molecule has 0 aliphatic carbocycles. The standard InChI is InChI=1S/C12H16N6O/c1-18(2)8-10-6-4-3-5-9(10)7-13-12(19)11-14-16-17-15-11/h3-6H,7-8H2,1-2H3,(H,13,19)(H,14,15,16,17). The molecule has 1 aromatic heterocycles. The van der Waals surface area contributed by atoms with Gasteiger partial charge < -0.3 is 10.2 Å². The van der Waals surface area contributed by atoms with E-state index in [1.165, 1.54) is 5.56 Å². The number of rotatable bonds is 5. The maximum atomic E-state index is 11.7. The van der Waals surface area contributed by atoms with E-state index in [2.05, 4.69) is 36.9 Å². The summed E-state index contributed by atoms with van der Waals surface area (Å²) in [5, 5.41) is 15.6. The molecule has 2 N–H and O–H groups in total. The van der Waals surface area contributed by atoms with E-state index in [0.29, 0.717) is 6.54 Å². The highest BCUT2D eigenvalue weighted by molar-refractivity contribution is 5.89. The van der Waals surface area contributed by atoms with E-state index in [-0.39, 0.29) is 11.7 Å². The van der Waals surface area contributed by atoms with Gasteiger partial charge in [-0.05, 0) is 30.4 Å². The van der Waals surface area contributed by atoms with Gasteiger partial charge in [0.25, 0.3) is 11.7 Å². The Labute approximate surface area is 111 Å². The van der Waals surface area contributed by atoms with Crippen LogP contribution in [0.4, 0.5) is 0 Å². The summed E-state index contributed by atoms with van der Waals surface area (Å²) in [5.74, 6) is -0.293. The summed E-state index contributed by atoms with van der Waals surface area (Å²) in [7, 11) is 4.02. The zero-order chi connectivity index (χ0) is 13.7. The SMILES string of the molecule is CN(C)Cc1ccccc1CNC(=O)c1nn[nH]n1. The summed E-state index contributed by atoms with van der Waals surface area (Å²) >= 11 is 0. The van der Waals surface area contributed by atoms with Gasteiger partial charge in [-0.3, -0.25) is 4.79 Å². The average Bonchev–Trinajstić information content (AvgIpc) is 2.90. The van der Waals surface area contributed by atoms with Crippen molar-refractivity contribution in [1.82, 2.24) is 30.8 Å². The zero-order valence-electron chi connectivity index (χ0n) is 10.9. The van der Waals surface area contributed by atoms with Crippen molar-refractivity contribution in [3.05, 3.63) is 41.2 Å². The third-order valence-electron chi connectivity index (χ3n) is 2.59. The molecule has 0 saturated heterocycles. The molecule has 0 aliphatic heterocycles. The lowest BCUT2D eigenvalue weighted by molar-refractivity contribution is 0.0940. The van der Waals surface area contributed by atoms with Crippen LogP contribution in [0.2, 0.25) is 0 Å². The van der Waals surface area contributed by atoms with Crippen molar-refractivity contribution in [2.75, 3.05) is 14.1 Å². The fourth-order valence-corrected chi connectivity index (χ4v) is 1.74. The monoisotopic (exact) mass is 260 g/mol. The summed E-state index contributed by atoms with van der Waals surface area (Å²) in [4.78, 5) is 13.8. The smallest absolute Gasteiger partial charge is 0.293 e. The van der Waals surface area contributed by atoms with Crippen molar-refractivity contribution >= 4 is 5.91 Å². The molecule has 1 amide bonds. The fourth-order valence-electron chi connectivity index (χ4n) is 1.74. The van der Waals surface area contributed by atoms with E-state index in [9.17, 15) is 4.79 Å². The van der Waals surface area contributed by atoms with E-state index in [1.54, 1.807) is 0 Å². The molecule has 0 atom stereocenters. The lowest BCUT2D eigenvalue weighted by atomic mass is 10.1. The van der Waals surface area contributed by atoms with Gasteiger partial charge in [-0.25, -0.2) is 0 Å². The van der Waals surface area contributed by atoms with Crippen molar-refractivity contribution in [2.24, 2.45) is 0 Å². The van der Waals surface area contributed by atoms with Crippen LogP contribution in [0, 0.1) is 0 Å². The number of nitrogens with zero attached hydrogens (tertiary/aromatic N) is 4. The van der Waals surface area contributed by atoms with Crippen LogP contribution in [0.15, 0.2) is 24.3 Å². The normalized spacial score (nSPS) is 10.7. The average molecular weight is 260 g/mol. The van der Waals surface area contributed by atoms with Gasteiger partial charge in [0.15, 0.2) is 0 Å². The largest absolute Gasteiger partial charge is 0.345 e. The molecule has 2 rings (SSSR count). The van der Waals surface area contributed by atoms with Crippen LogP contribution in [-0.4, -0.2) is 45.5 Å². The van der Waals surface area contributed by atoms with Gasteiger partial charge in [-0.2, -0.15) is 5.21 Å². The molecule has 7 nitrogen and oxygen atoms in total. The first-order chi connectivity index (χ1) is 9.16. The number of hydrogen-bond donors (Lipinski definition) is 2. The Morgan fingerprint density at radius 2 is 2.05 bits per heavy atom. The van der Waals surface area contributed by atoms with Gasteiger partial charge in [-0.15, -0.1) is 10.2 Å². The highest BCUT2D eigenvalue weighted by Gasteiger charge is 2.11. The number of amides is 1. The van der Waals surface area contributed by atoms with Crippen LogP contribution in [-0.2, 0) is 13.1 Å². The summed E-state index contributed by atoms with van der Waals surface area (Å²) in [5.41, 5.74) is 2.26. The topological polar surface area (TPSA) is 86.8 Å². The first-order valence-corrected chi connectivity index (χ1v) is 5.90. The van der Waals surface area contributed by atoms with Crippen LogP contribution >= 0.6 is 0 Å². The molecule has 7 heteroatoms. The molecule has 19 heavy (non-hydrogen) atoms. The van der Waals surface area contributed by atoms with Gasteiger partial charge in [0.05, 0.1) is 0 Å². The van der Waals surface area contributed by atoms with Gasteiger partial charge in [0.2, 0.25) is 0 Å². The molecule has 1 aromatic carbocycles. The van der Waals surface area contributed by atoms with E-state index in [4.69, 9.17) is 0 Å². The molecule has 0 fully saturated rings. The summed E-state index contributed by atoms with van der Waals surface area (Å²) in [6.07, 6.45) is 0. The molecular weight excluding hydrogens is 244 g/mol. The molecular formula is C12H16N6O. The summed E-state index contributed by atoms with van der Waals surface area (Å²) in [6.45, 7) is 1.27. The van der Waals surface area contributed by atoms with Crippen molar-refractivity contribution in [3.63, 3.8) is 0 Å². The molecule has 100 valence electrons. The minimum atomic E-state index is -0.339. The minimum Gasteiger partial charge on any atom is -0.345 e. The Hall–Kier alpha value is -2.28. The minimum absolute atomic E-state index is 0.0464. The highest BCUT2D eigenvalue weighted by Crippen LogP contribution is 2.10. The second-order valence-corrected chi connectivity index (χ2v) is 4.42. The van der Waals surface area contributed by atoms with Gasteiger partial charge in [0.1, 0.15) is 0 Å². The number of H-pyrrole nitrogens is 1. The number of nitrogens with one attached hydrogen (secondary N) is 2. The molecule has 0 bridgehead atoms. The Balaban J connectivity index is 2.01. The van der Waals surface area contributed by atoms with Gasteiger partial charge in [-0.1, -0.05) is 24.3 Å². The van der Waals surface area contributed by atoms with Crippen molar-refractivity contribution < 1.29 is 4.79 Å². The number of aromatic nitrogens is 4. The van der Waals surface area contributed by atoms with E-state index < -0.39 is 0 Å². The highest BCUT2D eigenvalue weighted by atomic mass is 16.2. The molecule has 0 spiro atoms. The predicted octanol–water partition coefficient (Wildman–Crippen LogP) is 0.191. The third kappa shape index (κ3) is 3.59. The number of aromatic amines is 1. The fraction of sp³-hybridized carbons (Fsp3) is 0.333. The Morgan fingerprint density at radius 3 is 2.68 bits per heavy atom. The van der Waals surface area contributed by atoms with Gasteiger partial charge >= 0.3 is 0 Å². The molecule has 0 aliphatic rings. The van der Waals surface area contributed by atoms with Crippen molar-refractivity contribution in [1.29, 1.82) is 0 Å². The maximum absolute atomic E-state index is 11.7. The second kappa shape index (κ2) is 6.05. The summed E-state index contributed by atoms with van der Waals surface area (Å²) < 4.78 is 0. The van der Waals surface area contributed by atoms with Crippen LogP contribution in [0.3, 0.4) is 0 Å². The van der Waals surface area contributed by atoms with Crippen LogP contribution < -0.4 is 5.32 Å². The number of carbonyl (C=O) groups is 1. The first-order valence-electron chi connectivity index (χ1n) is 5.90. The molecule has 0 unspecified atom stereocenters. The van der Waals surface area contributed by atoms with Crippen LogP contribution in [0.1, 0.15) is 21.7 Å². The second-order valence-electron chi connectivity index (χ2n) is 4.42. The Morgan fingerprint density at radius 1 is 1.32 bits per heavy atom. The third-order valence-corrected chi connectivity index (χ3v) is 2.59. The molecule has 2 aromatic rings. The Bertz CT molecular complexity index is 537. The van der Waals surface area contributed by atoms with Gasteiger partial charge in [0, 0.05) is 13.1 Å².